The zero-order valence-electron chi connectivity index (χ0n) is 11.2. The normalized spacial score (nSPS) is 20.6. The van der Waals surface area contributed by atoms with Crippen molar-refractivity contribution in [3.05, 3.63) is 58.6 Å². The lowest BCUT2D eigenvalue weighted by Gasteiger charge is -2.30. The van der Waals surface area contributed by atoms with Gasteiger partial charge in [-0.05, 0) is 29.8 Å². The quantitative estimate of drug-likeness (QED) is 0.737. The highest BCUT2D eigenvalue weighted by atomic mass is 79.9. The number of methoxy groups -OCH3 is 1. The molecule has 0 bridgehead atoms. The number of benzene rings is 2. The third-order valence-corrected chi connectivity index (χ3v) is 4.57. The van der Waals surface area contributed by atoms with Crippen molar-refractivity contribution >= 4 is 33.3 Å². The van der Waals surface area contributed by atoms with Crippen LogP contribution < -0.4 is 9.47 Å². The molecule has 1 heterocycles. The summed E-state index contributed by atoms with van der Waals surface area (Å²) in [5.74, 6) is 1.19. The molecule has 0 radical (unpaired) electrons. The largest absolute Gasteiger partial charge is 0.497 e. The van der Waals surface area contributed by atoms with Crippen LogP contribution in [-0.2, 0) is 0 Å². The molecule has 0 spiro atoms. The second-order valence-corrected chi connectivity index (χ2v) is 6.14. The summed E-state index contributed by atoms with van der Waals surface area (Å²) in [6, 6.07) is 12.5. The monoisotopic (exact) mass is 366 g/mol. The third-order valence-electron chi connectivity index (χ3n) is 3.42. The van der Waals surface area contributed by atoms with Gasteiger partial charge in [-0.3, -0.25) is 4.79 Å². The summed E-state index contributed by atoms with van der Waals surface area (Å²) in [7, 11) is 1.58. The van der Waals surface area contributed by atoms with Crippen molar-refractivity contribution in [3.63, 3.8) is 0 Å². The number of Topliss-reactive ketones (excluding diaryl/α,β-unsaturated/α-hetero) is 1. The zero-order valence-corrected chi connectivity index (χ0v) is 13.5. The summed E-state index contributed by atoms with van der Waals surface area (Å²) >= 11 is 9.34. The van der Waals surface area contributed by atoms with E-state index in [1.165, 1.54) is 0 Å². The Balaban J connectivity index is 2.01. The van der Waals surface area contributed by atoms with Crippen molar-refractivity contribution in [2.24, 2.45) is 0 Å². The number of hydrogen-bond acceptors (Lipinski definition) is 3. The van der Waals surface area contributed by atoms with Crippen molar-refractivity contribution in [3.8, 4) is 11.5 Å². The predicted octanol–water partition coefficient (Wildman–Crippen LogP) is 4.43. The van der Waals surface area contributed by atoms with Gasteiger partial charge in [-0.1, -0.05) is 39.7 Å². The number of alkyl halides is 1. The molecule has 2 unspecified atom stereocenters. The number of rotatable bonds is 2. The van der Waals surface area contributed by atoms with Crippen LogP contribution in [-0.4, -0.2) is 17.7 Å². The molecule has 0 aromatic heterocycles. The minimum atomic E-state index is -0.431. The SMILES string of the molecule is COc1ccc2c(c1)OC(c1ccc(Cl)cc1)C(Br)C2=O. The molecule has 2 atom stereocenters. The topological polar surface area (TPSA) is 35.5 Å². The molecule has 2 aromatic rings. The lowest BCUT2D eigenvalue weighted by molar-refractivity contribution is 0.0872. The van der Waals surface area contributed by atoms with Gasteiger partial charge in [-0.25, -0.2) is 0 Å². The molecule has 3 nitrogen and oxygen atoms in total. The third kappa shape index (κ3) is 2.65. The highest BCUT2D eigenvalue weighted by molar-refractivity contribution is 9.10. The van der Waals surface area contributed by atoms with Gasteiger partial charge in [0.2, 0.25) is 0 Å². The van der Waals surface area contributed by atoms with Crippen molar-refractivity contribution in [2.75, 3.05) is 7.11 Å². The van der Waals surface area contributed by atoms with E-state index in [9.17, 15) is 4.79 Å². The molecule has 0 saturated carbocycles. The van der Waals surface area contributed by atoms with Gasteiger partial charge in [0.05, 0.1) is 12.7 Å². The zero-order chi connectivity index (χ0) is 15.0. The molecule has 1 aliphatic heterocycles. The minimum Gasteiger partial charge on any atom is -0.497 e. The van der Waals surface area contributed by atoms with Gasteiger partial charge in [-0.15, -0.1) is 0 Å². The van der Waals surface area contributed by atoms with Gasteiger partial charge in [0, 0.05) is 11.1 Å². The number of ketones is 1. The first-order valence-corrected chi connectivity index (χ1v) is 7.68. The van der Waals surface area contributed by atoms with E-state index in [0.29, 0.717) is 22.1 Å². The Morgan fingerprint density at radius 2 is 1.90 bits per heavy atom. The Bertz CT molecular complexity index is 684. The molecule has 5 heteroatoms. The second-order valence-electron chi connectivity index (χ2n) is 4.72. The number of ether oxygens (including phenoxy) is 2. The number of fused-ring (bicyclic) bond motifs is 1. The smallest absolute Gasteiger partial charge is 0.184 e. The summed E-state index contributed by atoms with van der Waals surface area (Å²) in [4.78, 5) is 12.0. The van der Waals surface area contributed by atoms with Crippen molar-refractivity contribution in [1.82, 2.24) is 0 Å². The average molecular weight is 368 g/mol. The summed E-state index contributed by atoms with van der Waals surface area (Å²) in [5.41, 5.74) is 1.45. The molecule has 1 aliphatic rings. The molecule has 108 valence electrons. The molecule has 0 amide bonds. The second kappa shape index (κ2) is 5.70. The van der Waals surface area contributed by atoms with Crippen LogP contribution in [0.5, 0.6) is 11.5 Å². The fourth-order valence-corrected chi connectivity index (χ4v) is 3.09. The minimum absolute atomic E-state index is 0.00106. The molecule has 0 saturated heterocycles. The Hall–Kier alpha value is -1.52. The molecule has 0 N–H and O–H groups in total. The van der Waals surface area contributed by atoms with Crippen LogP contribution in [0.3, 0.4) is 0 Å². The first-order chi connectivity index (χ1) is 10.1. The number of carbonyl (C=O) groups is 1. The summed E-state index contributed by atoms with van der Waals surface area (Å²) in [6.07, 6.45) is -0.394. The van der Waals surface area contributed by atoms with E-state index in [0.717, 1.165) is 5.56 Å². The number of halogens is 2. The first kappa shape index (κ1) is 14.4. The molecular formula is C16H12BrClO3. The van der Waals surface area contributed by atoms with E-state index in [4.69, 9.17) is 21.1 Å². The maximum atomic E-state index is 12.5. The highest BCUT2D eigenvalue weighted by Gasteiger charge is 2.36. The first-order valence-electron chi connectivity index (χ1n) is 6.38. The van der Waals surface area contributed by atoms with Crippen molar-refractivity contribution in [2.45, 2.75) is 10.9 Å². The van der Waals surface area contributed by atoms with E-state index < -0.39 is 10.9 Å². The fourth-order valence-electron chi connectivity index (χ4n) is 2.30. The van der Waals surface area contributed by atoms with Gasteiger partial charge in [0.15, 0.2) is 5.78 Å². The van der Waals surface area contributed by atoms with Gasteiger partial charge in [-0.2, -0.15) is 0 Å². The van der Waals surface area contributed by atoms with Crippen LogP contribution in [0.25, 0.3) is 0 Å². The van der Waals surface area contributed by atoms with E-state index in [1.54, 1.807) is 37.4 Å². The number of hydrogen-bond donors (Lipinski definition) is 0. The molecule has 0 aliphatic carbocycles. The summed E-state index contributed by atoms with van der Waals surface area (Å²) in [5, 5.41) is 0.647. The van der Waals surface area contributed by atoms with E-state index in [2.05, 4.69) is 15.9 Å². The Kier molecular flexibility index (Phi) is 3.91. The van der Waals surface area contributed by atoms with Crippen LogP contribution in [0.4, 0.5) is 0 Å². The fraction of sp³-hybridized carbons (Fsp3) is 0.188. The predicted molar refractivity (Wildman–Crippen MR) is 84.9 cm³/mol. The summed E-state index contributed by atoms with van der Waals surface area (Å²) in [6.45, 7) is 0. The van der Waals surface area contributed by atoms with Crippen molar-refractivity contribution < 1.29 is 14.3 Å². The van der Waals surface area contributed by atoms with Crippen LogP contribution >= 0.6 is 27.5 Å². The Morgan fingerprint density at radius 1 is 1.19 bits per heavy atom. The molecule has 3 rings (SSSR count). The van der Waals surface area contributed by atoms with Gasteiger partial charge >= 0.3 is 0 Å². The maximum absolute atomic E-state index is 12.5. The van der Waals surface area contributed by atoms with Gasteiger partial charge in [0.25, 0.3) is 0 Å². The van der Waals surface area contributed by atoms with Gasteiger partial charge in [0.1, 0.15) is 22.4 Å². The van der Waals surface area contributed by atoms with E-state index in [1.807, 2.05) is 12.1 Å². The summed E-state index contributed by atoms with van der Waals surface area (Å²) < 4.78 is 11.2. The Labute approximate surface area is 136 Å². The van der Waals surface area contributed by atoms with E-state index in [-0.39, 0.29) is 5.78 Å². The van der Waals surface area contributed by atoms with Crippen molar-refractivity contribution in [1.29, 1.82) is 0 Å². The van der Waals surface area contributed by atoms with Crippen LogP contribution in [0.1, 0.15) is 22.0 Å². The molecule has 0 fully saturated rings. The average Bonchev–Trinajstić information content (AvgIpc) is 2.51. The number of carbonyl (C=O) groups excluding carboxylic acids is 1. The van der Waals surface area contributed by atoms with Gasteiger partial charge < -0.3 is 9.47 Å². The molecule has 2 aromatic carbocycles. The van der Waals surface area contributed by atoms with E-state index >= 15 is 0 Å². The van der Waals surface area contributed by atoms with Crippen LogP contribution in [0.2, 0.25) is 5.02 Å². The highest BCUT2D eigenvalue weighted by Crippen LogP contribution is 2.40. The lowest BCUT2D eigenvalue weighted by atomic mass is 9.96. The lowest BCUT2D eigenvalue weighted by Crippen LogP contribution is -2.32. The van der Waals surface area contributed by atoms with Crippen LogP contribution in [0.15, 0.2) is 42.5 Å². The maximum Gasteiger partial charge on any atom is 0.184 e. The Morgan fingerprint density at radius 3 is 2.57 bits per heavy atom. The molecular weight excluding hydrogens is 356 g/mol. The standard InChI is InChI=1S/C16H12BrClO3/c1-20-11-6-7-12-13(8-11)21-16(14(17)15(12)19)9-2-4-10(18)5-3-9/h2-8,14,16H,1H3. The molecule has 21 heavy (non-hydrogen) atoms. The van der Waals surface area contributed by atoms with Crippen LogP contribution in [0, 0.1) is 0 Å².